The van der Waals surface area contributed by atoms with Crippen LogP contribution in [0.15, 0.2) is 21.2 Å². The monoisotopic (exact) mass is 314 g/mol. The van der Waals surface area contributed by atoms with Crippen LogP contribution in [0.1, 0.15) is 37.2 Å². The molecule has 4 nitrogen and oxygen atoms in total. The molecule has 18 heavy (non-hydrogen) atoms. The van der Waals surface area contributed by atoms with Gasteiger partial charge in [-0.3, -0.25) is 4.79 Å². The molecular formula is C13H19BrN2O2. The lowest BCUT2D eigenvalue weighted by molar-refractivity contribution is 0.0655. The van der Waals surface area contributed by atoms with E-state index in [0.717, 1.165) is 19.5 Å². The highest BCUT2D eigenvalue weighted by Gasteiger charge is 2.26. The Bertz CT molecular complexity index is 411. The third kappa shape index (κ3) is 3.14. The zero-order valence-corrected chi connectivity index (χ0v) is 12.4. The molecular weight excluding hydrogens is 296 g/mol. The van der Waals surface area contributed by atoms with Crippen LogP contribution in [-0.4, -0.2) is 36.0 Å². The summed E-state index contributed by atoms with van der Waals surface area (Å²) < 4.78 is 5.94. The fourth-order valence-electron chi connectivity index (χ4n) is 2.25. The Hall–Kier alpha value is -0.810. The van der Waals surface area contributed by atoms with Crippen molar-refractivity contribution in [1.29, 1.82) is 0 Å². The van der Waals surface area contributed by atoms with Gasteiger partial charge in [-0.05, 0) is 61.3 Å². The van der Waals surface area contributed by atoms with Gasteiger partial charge in [0.15, 0.2) is 10.4 Å². The molecule has 100 valence electrons. The summed E-state index contributed by atoms with van der Waals surface area (Å²) in [6.45, 7) is 5.86. The Morgan fingerprint density at radius 2 is 2.39 bits per heavy atom. The Morgan fingerprint density at radius 1 is 1.61 bits per heavy atom. The van der Waals surface area contributed by atoms with Gasteiger partial charge in [0, 0.05) is 18.6 Å². The van der Waals surface area contributed by atoms with Crippen molar-refractivity contribution in [3.05, 3.63) is 22.6 Å². The van der Waals surface area contributed by atoms with E-state index >= 15 is 0 Å². The summed E-state index contributed by atoms with van der Waals surface area (Å²) in [6.07, 6.45) is 2.33. The molecule has 1 aromatic heterocycles. The molecule has 1 aromatic rings. The zero-order chi connectivity index (χ0) is 13.1. The van der Waals surface area contributed by atoms with E-state index in [1.807, 2.05) is 18.7 Å². The molecule has 1 amide bonds. The first-order valence-electron chi connectivity index (χ1n) is 6.37. The minimum Gasteiger partial charge on any atom is -0.444 e. The molecule has 0 radical (unpaired) electrons. The zero-order valence-electron chi connectivity index (χ0n) is 10.8. The van der Waals surface area contributed by atoms with Crippen LogP contribution in [0.25, 0.3) is 0 Å². The molecule has 2 heterocycles. The quantitative estimate of drug-likeness (QED) is 0.929. The van der Waals surface area contributed by atoms with Crippen LogP contribution in [0.5, 0.6) is 0 Å². The van der Waals surface area contributed by atoms with Crippen molar-refractivity contribution in [1.82, 2.24) is 10.2 Å². The Kier molecular flexibility index (Phi) is 4.45. The minimum absolute atomic E-state index is 0.0376. The number of carbonyl (C=O) groups excluding carboxylic acids is 1. The van der Waals surface area contributed by atoms with Crippen molar-refractivity contribution in [3.63, 3.8) is 0 Å². The van der Waals surface area contributed by atoms with Crippen LogP contribution in [0.4, 0.5) is 0 Å². The number of amides is 1. The lowest BCUT2D eigenvalue weighted by Crippen LogP contribution is -2.44. The largest absolute Gasteiger partial charge is 0.444 e. The fraction of sp³-hybridized carbons (Fsp3) is 0.615. The lowest BCUT2D eigenvalue weighted by atomic mass is 10.2. The molecule has 1 N–H and O–H groups in total. The average Bonchev–Trinajstić information content (AvgIpc) is 2.95. The summed E-state index contributed by atoms with van der Waals surface area (Å²) in [7, 11) is 0. The van der Waals surface area contributed by atoms with E-state index in [-0.39, 0.29) is 11.9 Å². The lowest BCUT2D eigenvalue weighted by Gasteiger charge is -2.28. The Balaban J connectivity index is 2.06. The highest BCUT2D eigenvalue weighted by molar-refractivity contribution is 9.10. The summed E-state index contributed by atoms with van der Waals surface area (Å²) in [6, 6.07) is 4.04. The molecule has 5 heteroatoms. The minimum atomic E-state index is -0.0376. The van der Waals surface area contributed by atoms with E-state index in [1.54, 1.807) is 12.1 Å². The summed E-state index contributed by atoms with van der Waals surface area (Å²) in [5.41, 5.74) is 0. The number of hydrogen-bond acceptors (Lipinski definition) is 3. The molecule has 0 bridgehead atoms. The maximum atomic E-state index is 12.4. The molecule has 1 unspecified atom stereocenters. The van der Waals surface area contributed by atoms with Gasteiger partial charge in [-0.1, -0.05) is 0 Å². The summed E-state index contributed by atoms with van der Waals surface area (Å²) in [5, 5.41) is 3.42. The van der Waals surface area contributed by atoms with Gasteiger partial charge in [0.05, 0.1) is 0 Å². The Morgan fingerprint density at radius 3 is 2.89 bits per heavy atom. The van der Waals surface area contributed by atoms with Gasteiger partial charge in [0.2, 0.25) is 0 Å². The number of hydrogen-bond donors (Lipinski definition) is 1. The number of halogens is 1. The summed E-state index contributed by atoms with van der Waals surface area (Å²) in [4.78, 5) is 14.2. The van der Waals surface area contributed by atoms with E-state index < -0.39 is 0 Å². The van der Waals surface area contributed by atoms with E-state index in [1.165, 1.54) is 6.42 Å². The first-order valence-corrected chi connectivity index (χ1v) is 7.17. The molecule has 0 aliphatic carbocycles. The topological polar surface area (TPSA) is 45.5 Å². The van der Waals surface area contributed by atoms with Crippen LogP contribution in [0.2, 0.25) is 0 Å². The predicted molar refractivity (Wildman–Crippen MR) is 73.6 cm³/mol. The van der Waals surface area contributed by atoms with Crippen LogP contribution in [0, 0.1) is 0 Å². The molecule has 2 rings (SSSR count). The molecule has 1 fully saturated rings. The van der Waals surface area contributed by atoms with Crippen molar-refractivity contribution in [3.8, 4) is 0 Å². The molecule has 1 atom stereocenters. The van der Waals surface area contributed by atoms with Crippen molar-refractivity contribution in [2.75, 3.05) is 13.1 Å². The van der Waals surface area contributed by atoms with Gasteiger partial charge in [-0.25, -0.2) is 0 Å². The SMILES string of the molecule is CC(C)N(CC1CCCN1)C(=O)c1ccc(Br)o1. The Labute approximate surface area is 116 Å². The van der Waals surface area contributed by atoms with Gasteiger partial charge in [-0.15, -0.1) is 0 Å². The molecule has 0 aromatic carbocycles. The molecule has 1 saturated heterocycles. The first kappa shape index (κ1) is 13.6. The van der Waals surface area contributed by atoms with Gasteiger partial charge in [-0.2, -0.15) is 0 Å². The second kappa shape index (κ2) is 5.89. The smallest absolute Gasteiger partial charge is 0.289 e. The van der Waals surface area contributed by atoms with E-state index in [9.17, 15) is 4.79 Å². The number of nitrogens with one attached hydrogen (secondary N) is 1. The highest BCUT2D eigenvalue weighted by atomic mass is 79.9. The summed E-state index contributed by atoms with van der Waals surface area (Å²) in [5.74, 6) is 0.359. The van der Waals surface area contributed by atoms with E-state index in [0.29, 0.717) is 16.5 Å². The maximum Gasteiger partial charge on any atom is 0.289 e. The first-order chi connectivity index (χ1) is 8.58. The van der Waals surface area contributed by atoms with E-state index in [2.05, 4.69) is 21.2 Å². The molecule has 0 spiro atoms. The van der Waals surface area contributed by atoms with Gasteiger partial charge in [0.1, 0.15) is 0 Å². The number of nitrogens with zero attached hydrogens (tertiary/aromatic N) is 1. The third-order valence-corrected chi connectivity index (χ3v) is 3.67. The predicted octanol–water partition coefficient (Wildman–Crippen LogP) is 2.64. The van der Waals surface area contributed by atoms with Crippen molar-refractivity contribution >= 4 is 21.8 Å². The van der Waals surface area contributed by atoms with Crippen LogP contribution in [0.3, 0.4) is 0 Å². The van der Waals surface area contributed by atoms with Crippen LogP contribution < -0.4 is 5.32 Å². The highest BCUT2D eigenvalue weighted by Crippen LogP contribution is 2.18. The second-order valence-corrected chi connectivity index (χ2v) is 5.73. The number of carbonyl (C=O) groups is 1. The third-order valence-electron chi connectivity index (χ3n) is 3.25. The fourth-order valence-corrected chi connectivity index (χ4v) is 2.56. The van der Waals surface area contributed by atoms with Gasteiger partial charge in [0.25, 0.3) is 5.91 Å². The molecule has 1 aliphatic heterocycles. The molecule has 1 aliphatic rings. The van der Waals surface area contributed by atoms with Gasteiger partial charge >= 0.3 is 0 Å². The average molecular weight is 315 g/mol. The summed E-state index contributed by atoms with van der Waals surface area (Å²) >= 11 is 3.23. The van der Waals surface area contributed by atoms with Gasteiger partial charge < -0.3 is 14.6 Å². The number of rotatable bonds is 4. The molecule has 0 saturated carbocycles. The van der Waals surface area contributed by atoms with Crippen molar-refractivity contribution in [2.45, 2.75) is 38.8 Å². The maximum absolute atomic E-state index is 12.4. The van der Waals surface area contributed by atoms with Crippen molar-refractivity contribution in [2.24, 2.45) is 0 Å². The van der Waals surface area contributed by atoms with Crippen LogP contribution in [-0.2, 0) is 0 Å². The van der Waals surface area contributed by atoms with Crippen molar-refractivity contribution < 1.29 is 9.21 Å². The standard InChI is InChI=1S/C13H19BrN2O2/c1-9(2)16(8-10-4-3-7-15-10)13(17)11-5-6-12(14)18-11/h5-6,9-10,15H,3-4,7-8H2,1-2H3. The van der Waals surface area contributed by atoms with Crippen LogP contribution >= 0.6 is 15.9 Å². The normalized spacial score (nSPS) is 19.4. The number of furan rings is 1. The van der Waals surface area contributed by atoms with E-state index in [4.69, 9.17) is 4.42 Å². The second-order valence-electron chi connectivity index (χ2n) is 4.95.